The molecule has 2 rings (SSSR count). The molecule has 2 aromatic carbocycles. The van der Waals surface area contributed by atoms with Gasteiger partial charge in [-0.15, -0.1) is 0 Å². The van der Waals surface area contributed by atoms with Crippen molar-refractivity contribution >= 4 is 33.2 Å². The molecule has 0 heterocycles. The Labute approximate surface area is 126 Å². The molecule has 2 aromatic rings. The summed E-state index contributed by atoms with van der Waals surface area (Å²) < 4.78 is 6.24. The fourth-order valence-corrected chi connectivity index (χ4v) is 2.39. The Hall–Kier alpha value is -1.19. The van der Waals surface area contributed by atoms with Crippen molar-refractivity contribution in [3.8, 4) is 5.75 Å². The average molecular weight is 341 g/mol. The number of nitrogens with one attached hydrogen (secondary N) is 1. The van der Waals surface area contributed by atoms with Crippen LogP contribution in [0.25, 0.3) is 0 Å². The minimum Gasteiger partial charge on any atom is -0.497 e. The van der Waals surface area contributed by atoms with Crippen LogP contribution in [0.1, 0.15) is 18.5 Å². The Morgan fingerprint density at radius 1 is 1.21 bits per heavy atom. The van der Waals surface area contributed by atoms with E-state index in [0.29, 0.717) is 0 Å². The molecule has 0 aliphatic carbocycles. The summed E-state index contributed by atoms with van der Waals surface area (Å²) in [6.07, 6.45) is 0. The van der Waals surface area contributed by atoms with E-state index in [1.54, 1.807) is 7.11 Å². The molecule has 0 saturated carbocycles. The molecule has 1 unspecified atom stereocenters. The van der Waals surface area contributed by atoms with Crippen molar-refractivity contribution in [2.75, 3.05) is 12.4 Å². The van der Waals surface area contributed by atoms with Crippen LogP contribution in [0.5, 0.6) is 5.75 Å². The van der Waals surface area contributed by atoms with Gasteiger partial charge in [-0.1, -0.05) is 23.7 Å². The number of halogens is 2. The van der Waals surface area contributed by atoms with E-state index in [-0.39, 0.29) is 6.04 Å². The first kappa shape index (κ1) is 14.2. The zero-order valence-corrected chi connectivity index (χ0v) is 13.1. The molecule has 0 radical (unpaired) electrons. The van der Waals surface area contributed by atoms with Crippen LogP contribution >= 0.6 is 27.5 Å². The van der Waals surface area contributed by atoms with E-state index < -0.39 is 0 Å². The van der Waals surface area contributed by atoms with Crippen LogP contribution in [0.2, 0.25) is 5.02 Å². The highest BCUT2D eigenvalue weighted by Gasteiger charge is 2.09. The molecule has 0 fully saturated rings. The molecular weight excluding hydrogens is 326 g/mol. The van der Waals surface area contributed by atoms with Crippen molar-refractivity contribution in [3.63, 3.8) is 0 Å². The maximum atomic E-state index is 6.01. The van der Waals surface area contributed by atoms with E-state index in [0.717, 1.165) is 26.5 Å². The first-order valence-corrected chi connectivity index (χ1v) is 7.13. The van der Waals surface area contributed by atoms with Gasteiger partial charge in [-0.3, -0.25) is 0 Å². The highest BCUT2D eigenvalue weighted by atomic mass is 79.9. The third-order valence-corrected chi connectivity index (χ3v) is 3.82. The molecule has 0 saturated heterocycles. The third kappa shape index (κ3) is 3.64. The fraction of sp³-hybridized carbons (Fsp3) is 0.200. The van der Waals surface area contributed by atoms with Crippen LogP contribution in [0.15, 0.2) is 46.9 Å². The lowest BCUT2D eigenvalue weighted by atomic mass is 10.1. The van der Waals surface area contributed by atoms with E-state index in [2.05, 4.69) is 34.2 Å². The molecule has 4 heteroatoms. The lowest BCUT2D eigenvalue weighted by molar-refractivity contribution is 0.415. The first-order chi connectivity index (χ1) is 9.10. The lowest BCUT2D eigenvalue weighted by Crippen LogP contribution is -2.07. The normalized spacial score (nSPS) is 12.0. The summed E-state index contributed by atoms with van der Waals surface area (Å²) >= 11 is 9.54. The molecule has 0 aliphatic heterocycles. The van der Waals surface area contributed by atoms with Gasteiger partial charge >= 0.3 is 0 Å². The van der Waals surface area contributed by atoms with Gasteiger partial charge < -0.3 is 10.1 Å². The largest absolute Gasteiger partial charge is 0.497 e. The maximum Gasteiger partial charge on any atom is 0.121 e. The summed E-state index contributed by atoms with van der Waals surface area (Å²) in [5.74, 6) is 0.823. The molecule has 100 valence electrons. The lowest BCUT2D eigenvalue weighted by Gasteiger charge is -2.17. The second-order valence-corrected chi connectivity index (χ2v) is 5.56. The average Bonchev–Trinajstić information content (AvgIpc) is 2.41. The van der Waals surface area contributed by atoms with Crippen molar-refractivity contribution in [1.82, 2.24) is 0 Å². The number of hydrogen-bond acceptors (Lipinski definition) is 2. The van der Waals surface area contributed by atoms with E-state index in [1.165, 1.54) is 0 Å². The SMILES string of the molecule is COc1ccc(Br)c(NC(C)c2cccc(Cl)c2)c1. The Balaban J connectivity index is 2.21. The van der Waals surface area contributed by atoms with Crippen molar-refractivity contribution < 1.29 is 4.74 Å². The second kappa shape index (κ2) is 6.31. The fourth-order valence-electron chi connectivity index (χ4n) is 1.83. The Bertz CT molecular complexity index is 574. The van der Waals surface area contributed by atoms with Crippen LogP contribution in [-0.4, -0.2) is 7.11 Å². The highest BCUT2D eigenvalue weighted by Crippen LogP contribution is 2.30. The van der Waals surface area contributed by atoms with E-state index >= 15 is 0 Å². The van der Waals surface area contributed by atoms with Crippen LogP contribution in [0.4, 0.5) is 5.69 Å². The van der Waals surface area contributed by atoms with Gasteiger partial charge in [0.05, 0.1) is 12.8 Å². The second-order valence-electron chi connectivity index (χ2n) is 4.27. The molecule has 0 spiro atoms. The summed E-state index contributed by atoms with van der Waals surface area (Å²) in [7, 11) is 1.66. The predicted molar refractivity (Wildman–Crippen MR) is 84.2 cm³/mol. The van der Waals surface area contributed by atoms with E-state index in [4.69, 9.17) is 16.3 Å². The van der Waals surface area contributed by atoms with Gasteiger partial charge in [0.1, 0.15) is 5.75 Å². The Kier molecular flexibility index (Phi) is 4.72. The number of benzene rings is 2. The third-order valence-electron chi connectivity index (χ3n) is 2.89. The number of methoxy groups -OCH3 is 1. The van der Waals surface area contributed by atoms with Crippen LogP contribution in [-0.2, 0) is 0 Å². The van der Waals surface area contributed by atoms with Gasteiger partial charge in [0.25, 0.3) is 0 Å². The summed E-state index contributed by atoms with van der Waals surface area (Å²) in [5.41, 5.74) is 2.13. The van der Waals surface area contributed by atoms with Crippen LogP contribution in [0, 0.1) is 0 Å². The molecule has 0 bridgehead atoms. The Morgan fingerprint density at radius 2 is 2.00 bits per heavy atom. The van der Waals surface area contributed by atoms with Crippen molar-refractivity contribution in [1.29, 1.82) is 0 Å². The van der Waals surface area contributed by atoms with E-state index in [1.807, 2.05) is 36.4 Å². The number of ether oxygens (including phenoxy) is 1. The summed E-state index contributed by atoms with van der Waals surface area (Å²) in [6.45, 7) is 2.09. The van der Waals surface area contributed by atoms with Crippen molar-refractivity contribution in [2.45, 2.75) is 13.0 Å². The zero-order chi connectivity index (χ0) is 13.8. The van der Waals surface area contributed by atoms with Crippen molar-refractivity contribution in [3.05, 3.63) is 57.5 Å². The molecular formula is C15H15BrClNO. The van der Waals surface area contributed by atoms with Gasteiger partial charge in [-0.2, -0.15) is 0 Å². The van der Waals surface area contributed by atoms with Crippen LogP contribution in [0.3, 0.4) is 0 Å². The number of anilines is 1. The van der Waals surface area contributed by atoms with Crippen LogP contribution < -0.4 is 10.1 Å². The predicted octanol–water partition coefficient (Wildman–Crippen LogP) is 5.28. The topological polar surface area (TPSA) is 21.3 Å². The standard InChI is InChI=1S/C15H15BrClNO/c1-10(11-4-3-5-12(17)8-11)18-15-9-13(19-2)6-7-14(15)16/h3-10,18H,1-2H3. The number of rotatable bonds is 4. The van der Waals surface area contributed by atoms with Gasteiger partial charge in [0.2, 0.25) is 0 Å². The minimum absolute atomic E-state index is 0.155. The zero-order valence-electron chi connectivity index (χ0n) is 10.8. The monoisotopic (exact) mass is 339 g/mol. The Morgan fingerprint density at radius 3 is 2.68 bits per heavy atom. The molecule has 1 atom stereocenters. The first-order valence-electron chi connectivity index (χ1n) is 5.95. The minimum atomic E-state index is 0.155. The maximum absolute atomic E-state index is 6.01. The molecule has 0 aromatic heterocycles. The van der Waals surface area contributed by atoms with Crippen molar-refractivity contribution in [2.24, 2.45) is 0 Å². The van der Waals surface area contributed by atoms with Gasteiger partial charge in [-0.05, 0) is 52.7 Å². The van der Waals surface area contributed by atoms with Gasteiger partial charge in [0.15, 0.2) is 0 Å². The quantitative estimate of drug-likeness (QED) is 0.817. The molecule has 0 amide bonds. The summed E-state index contributed by atoms with van der Waals surface area (Å²) in [5, 5.41) is 4.19. The molecule has 19 heavy (non-hydrogen) atoms. The van der Waals surface area contributed by atoms with Gasteiger partial charge in [0, 0.05) is 21.6 Å². The molecule has 2 nitrogen and oxygen atoms in total. The molecule has 0 aliphatic rings. The highest BCUT2D eigenvalue weighted by molar-refractivity contribution is 9.10. The number of hydrogen-bond donors (Lipinski definition) is 1. The van der Waals surface area contributed by atoms with Gasteiger partial charge in [-0.25, -0.2) is 0 Å². The van der Waals surface area contributed by atoms with E-state index in [9.17, 15) is 0 Å². The summed E-state index contributed by atoms with van der Waals surface area (Å²) in [6, 6.07) is 13.8. The summed E-state index contributed by atoms with van der Waals surface area (Å²) in [4.78, 5) is 0. The molecule has 1 N–H and O–H groups in total. The smallest absolute Gasteiger partial charge is 0.121 e.